The van der Waals surface area contributed by atoms with Crippen LogP contribution in [-0.2, 0) is 28.7 Å². The second kappa shape index (κ2) is 20.9. The molecule has 6 nitrogen and oxygen atoms in total. The van der Waals surface area contributed by atoms with E-state index in [1.807, 2.05) is 12.2 Å². The first-order chi connectivity index (χ1) is 15.9. The van der Waals surface area contributed by atoms with Crippen molar-refractivity contribution < 1.29 is 28.7 Å². The van der Waals surface area contributed by atoms with Crippen LogP contribution in [0.5, 0.6) is 0 Å². The van der Waals surface area contributed by atoms with Crippen LogP contribution in [0.25, 0.3) is 0 Å². The second-order valence-corrected chi connectivity index (χ2v) is 7.37. The molecule has 6 heteroatoms. The van der Waals surface area contributed by atoms with Gasteiger partial charge in [0.15, 0.2) is 0 Å². The highest BCUT2D eigenvalue weighted by Gasteiger charge is 2.21. The molecule has 0 aromatic carbocycles. The Morgan fingerprint density at radius 3 is 1.70 bits per heavy atom. The molecular weight excluding hydrogens is 420 g/mol. The van der Waals surface area contributed by atoms with Gasteiger partial charge in [0.25, 0.3) is 0 Å². The smallest absolute Gasteiger partial charge is 0.378 e. The van der Waals surface area contributed by atoms with Crippen LogP contribution in [-0.4, -0.2) is 29.8 Å². The number of unbranched alkanes of at least 4 members (excludes halogenated alkanes) is 1. The van der Waals surface area contributed by atoms with Gasteiger partial charge in [0, 0.05) is 13.3 Å². The van der Waals surface area contributed by atoms with E-state index < -0.39 is 36.2 Å². The quantitative estimate of drug-likeness (QED) is 0.0636. The maximum absolute atomic E-state index is 11.7. The highest BCUT2D eigenvalue weighted by Crippen LogP contribution is 2.04. The molecular formula is C27H38O6. The summed E-state index contributed by atoms with van der Waals surface area (Å²) in [4.78, 5) is 45.4. The van der Waals surface area contributed by atoms with E-state index in [4.69, 9.17) is 9.47 Å². The summed E-state index contributed by atoms with van der Waals surface area (Å²) in [5, 5.41) is 0. The number of allylic oxidation sites excluding steroid dienone is 10. The maximum atomic E-state index is 11.7. The van der Waals surface area contributed by atoms with Crippen molar-refractivity contribution in [2.75, 3.05) is 0 Å². The topological polar surface area (TPSA) is 86.7 Å². The molecule has 0 N–H and O–H groups in total. The Bertz CT molecular complexity index is 740. The standard InChI is InChI=1S/C27H38O6/c1-4-5-6-7-8-9-10-11-12-13-14-15-16-17-18-19-20-21-26(30)32-24(3)33-27(31)25(29)22-23(2)28/h5-6,8-9,11-12,14-15,17-18,24H,4,7,10,13,16,19-22H2,1-3H3/b6-5-,9-8-,12-11-,15-14-,18-17-. The summed E-state index contributed by atoms with van der Waals surface area (Å²) in [5.41, 5.74) is 0. The van der Waals surface area contributed by atoms with Crippen LogP contribution in [0, 0.1) is 0 Å². The lowest BCUT2D eigenvalue weighted by atomic mass is 10.2. The first kappa shape index (κ1) is 30.0. The average molecular weight is 459 g/mol. The Morgan fingerprint density at radius 1 is 0.727 bits per heavy atom. The summed E-state index contributed by atoms with van der Waals surface area (Å²) in [6, 6.07) is 0. The zero-order valence-corrected chi connectivity index (χ0v) is 20.2. The molecule has 0 rings (SSSR count). The molecule has 0 aromatic rings. The Balaban J connectivity index is 3.79. The first-order valence-electron chi connectivity index (χ1n) is 11.5. The lowest BCUT2D eigenvalue weighted by molar-refractivity contribution is -0.186. The maximum Gasteiger partial charge on any atom is 0.378 e. The zero-order valence-electron chi connectivity index (χ0n) is 20.2. The minimum absolute atomic E-state index is 0.178. The monoisotopic (exact) mass is 458 g/mol. The molecule has 1 unspecified atom stereocenters. The highest BCUT2D eigenvalue weighted by molar-refractivity contribution is 6.37. The van der Waals surface area contributed by atoms with Crippen LogP contribution in [0.2, 0.25) is 0 Å². The molecule has 0 heterocycles. The van der Waals surface area contributed by atoms with Gasteiger partial charge >= 0.3 is 11.9 Å². The van der Waals surface area contributed by atoms with Crippen LogP contribution in [0.15, 0.2) is 60.8 Å². The van der Waals surface area contributed by atoms with E-state index in [2.05, 4.69) is 55.5 Å². The van der Waals surface area contributed by atoms with Gasteiger partial charge in [-0.3, -0.25) is 14.4 Å². The number of Topliss-reactive ketones (excluding diaryl/α,β-unsaturated/α-hetero) is 2. The number of ether oxygens (including phenoxy) is 2. The Labute approximate surface area is 198 Å². The number of hydrogen-bond donors (Lipinski definition) is 0. The number of carbonyl (C=O) groups is 4. The molecule has 0 aliphatic carbocycles. The lowest BCUT2D eigenvalue weighted by Crippen LogP contribution is -2.27. The molecule has 0 radical (unpaired) electrons. The van der Waals surface area contributed by atoms with Crippen molar-refractivity contribution >= 4 is 23.5 Å². The molecule has 0 spiro atoms. The van der Waals surface area contributed by atoms with E-state index >= 15 is 0 Å². The summed E-state index contributed by atoms with van der Waals surface area (Å²) in [5.74, 6) is -3.08. The predicted molar refractivity (Wildman–Crippen MR) is 130 cm³/mol. The fraction of sp³-hybridized carbons (Fsp3) is 0.481. The molecule has 0 aliphatic rings. The van der Waals surface area contributed by atoms with Crippen LogP contribution in [0.1, 0.15) is 78.6 Å². The van der Waals surface area contributed by atoms with Gasteiger partial charge in [-0.15, -0.1) is 0 Å². The van der Waals surface area contributed by atoms with Gasteiger partial charge in [0.1, 0.15) is 5.78 Å². The predicted octanol–water partition coefficient (Wildman–Crippen LogP) is 5.89. The van der Waals surface area contributed by atoms with Crippen LogP contribution < -0.4 is 0 Å². The number of carbonyl (C=O) groups excluding carboxylic acids is 4. The largest absolute Gasteiger partial charge is 0.425 e. The fourth-order valence-corrected chi connectivity index (χ4v) is 2.52. The summed E-state index contributed by atoms with van der Waals surface area (Å²) in [7, 11) is 0. The molecule has 0 aliphatic heterocycles. The third-order valence-corrected chi connectivity index (χ3v) is 4.12. The molecule has 1 atom stereocenters. The van der Waals surface area contributed by atoms with E-state index in [0.29, 0.717) is 6.42 Å². The molecule has 33 heavy (non-hydrogen) atoms. The van der Waals surface area contributed by atoms with Crippen molar-refractivity contribution in [3.8, 4) is 0 Å². The van der Waals surface area contributed by atoms with Crippen LogP contribution in [0.4, 0.5) is 0 Å². The Kier molecular flexibility index (Phi) is 19.0. The van der Waals surface area contributed by atoms with Gasteiger partial charge in [0.2, 0.25) is 12.1 Å². The third kappa shape index (κ3) is 20.6. The van der Waals surface area contributed by atoms with Crippen molar-refractivity contribution in [3.05, 3.63) is 60.8 Å². The van der Waals surface area contributed by atoms with Gasteiger partial charge < -0.3 is 9.47 Å². The first-order valence-corrected chi connectivity index (χ1v) is 11.5. The number of esters is 2. The van der Waals surface area contributed by atoms with Crippen LogP contribution in [0.3, 0.4) is 0 Å². The van der Waals surface area contributed by atoms with Gasteiger partial charge in [-0.2, -0.15) is 0 Å². The summed E-state index contributed by atoms with van der Waals surface area (Å²) < 4.78 is 9.64. The van der Waals surface area contributed by atoms with Gasteiger partial charge in [-0.05, 0) is 51.9 Å². The summed E-state index contributed by atoms with van der Waals surface area (Å²) >= 11 is 0. The SMILES string of the molecule is CC/C=C\C/C=C\C/C=C\C/C=C\C/C=C\CCCC(=O)OC(C)OC(=O)C(=O)CC(C)=O. The average Bonchev–Trinajstić information content (AvgIpc) is 2.75. The van der Waals surface area contributed by atoms with Gasteiger partial charge in [-0.25, -0.2) is 4.79 Å². The van der Waals surface area contributed by atoms with Crippen molar-refractivity contribution in [1.29, 1.82) is 0 Å². The molecule has 0 bridgehead atoms. The molecule has 0 saturated carbocycles. The normalized spacial score (nSPS) is 12.9. The van der Waals surface area contributed by atoms with Crippen molar-refractivity contribution in [1.82, 2.24) is 0 Å². The van der Waals surface area contributed by atoms with Gasteiger partial charge in [-0.1, -0.05) is 67.7 Å². The number of rotatable bonds is 18. The van der Waals surface area contributed by atoms with Crippen molar-refractivity contribution in [2.24, 2.45) is 0 Å². The summed E-state index contributed by atoms with van der Waals surface area (Å²) in [6.07, 6.45) is 25.9. The van der Waals surface area contributed by atoms with E-state index in [1.54, 1.807) is 0 Å². The zero-order chi connectivity index (χ0) is 24.7. The molecule has 0 amide bonds. The van der Waals surface area contributed by atoms with Crippen molar-refractivity contribution in [3.63, 3.8) is 0 Å². The molecule has 182 valence electrons. The van der Waals surface area contributed by atoms with E-state index in [0.717, 1.165) is 38.5 Å². The van der Waals surface area contributed by atoms with E-state index in [9.17, 15) is 19.2 Å². The number of hydrogen-bond acceptors (Lipinski definition) is 6. The minimum Gasteiger partial charge on any atom is -0.425 e. The van der Waals surface area contributed by atoms with Crippen LogP contribution >= 0.6 is 0 Å². The molecule has 0 saturated heterocycles. The second-order valence-electron chi connectivity index (χ2n) is 7.37. The Hall–Kier alpha value is -3.02. The van der Waals surface area contributed by atoms with Gasteiger partial charge in [0.05, 0.1) is 6.42 Å². The minimum atomic E-state index is -1.18. The van der Waals surface area contributed by atoms with E-state index in [1.165, 1.54) is 13.8 Å². The fourth-order valence-electron chi connectivity index (χ4n) is 2.52. The molecule has 0 fully saturated rings. The highest BCUT2D eigenvalue weighted by atomic mass is 16.7. The molecule has 0 aromatic heterocycles. The van der Waals surface area contributed by atoms with E-state index in [-0.39, 0.29) is 6.42 Å². The summed E-state index contributed by atoms with van der Waals surface area (Å²) in [6.45, 7) is 4.68. The number of ketones is 2. The van der Waals surface area contributed by atoms with Crippen molar-refractivity contribution in [2.45, 2.75) is 84.8 Å². The lowest BCUT2D eigenvalue weighted by Gasteiger charge is -2.13. The Morgan fingerprint density at radius 2 is 1.21 bits per heavy atom. The third-order valence-electron chi connectivity index (χ3n) is 4.12.